The van der Waals surface area contributed by atoms with Crippen LogP contribution in [-0.4, -0.2) is 17.8 Å². The van der Waals surface area contributed by atoms with Gasteiger partial charge in [0.25, 0.3) is 0 Å². The van der Waals surface area contributed by atoms with Crippen LogP contribution in [0, 0.1) is 6.92 Å². The zero-order valence-corrected chi connectivity index (χ0v) is 11.9. The molecule has 0 aromatic heterocycles. The number of carbonyl (C=O) groups is 1. The highest BCUT2D eigenvalue weighted by Crippen LogP contribution is 2.07. The van der Waals surface area contributed by atoms with Crippen molar-refractivity contribution >= 4 is 21.8 Å². The van der Waals surface area contributed by atoms with Gasteiger partial charge in [0.2, 0.25) is 5.91 Å². The maximum atomic E-state index is 11.7. The molecule has 0 aliphatic rings. The molecule has 0 aliphatic carbocycles. The number of nitrogens with one attached hydrogen (secondary N) is 1. The molecular weight excluding hydrogens is 278 g/mol. The number of carbonyl (C=O) groups excluding carboxylic acids is 1. The summed E-state index contributed by atoms with van der Waals surface area (Å²) >= 11 is 3.40. The number of halogens is 1. The lowest BCUT2D eigenvalue weighted by atomic mass is 10.1. The standard InChI is InChI=1S/C14H20BrNO/c1-12-7-3-4-8-13(12)11-14(17)16-10-6-2-5-9-15/h3-4,7-8H,2,5-6,9-11H2,1H3,(H,16,17). The quantitative estimate of drug-likeness (QED) is 0.608. The third-order valence-electron chi connectivity index (χ3n) is 2.74. The van der Waals surface area contributed by atoms with Gasteiger partial charge in [-0.05, 0) is 30.9 Å². The van der Waals surface area contributed by atoms with Crippen LogP contribution in [0.4, 0.5) is 0 Å². The van der Waals surface area contributed by atoms with E-state index in [4.69, 9.17) is 0 Å². The molecule has 0 fully saturated rings. The Balaban J connectivity index is 2.23. The van der Waals surface area contributed by atoms with Gasteiger partial charge in [-0.15, -0.1) is 0 Å². The van der Waals surface area contributed by atoms with Crippen molar-refractivity contribution in [1.29, 1.82) is 0 Å². The van der Waals surface area contributed by atoms with Crippen LogP contribution in [0.25, 0.3) is 0 Å². The van der Waals surface area contributed by atoms with E-state index in [0.29, 0.717) is 6.42 Å². The lowest BCUT2D eigenvalue weighted by molar-refractivity contribution is -0.120. The summed E-state index contributed by atoms with van der Waals surface area (Å²) in [7, 11) is 0. The molecule has 1 amide bonds. The van der Waals surface area contributed by atoms with Crippen molar-refractivity contribution in [2.24, 2.45) is 0 Å². The minimum atomic E-state index is 0.123. The smallest absolute Gasteiger partial charge is 0.224 e. The van der Waals surface area contributed by atoms with Gasteiger partial charge in [0.15, 0.2) is 0 Å². The average Bonchev–Trinajstić information content (AvgIpc) is 2.32. The number of unbranched alkanes of at least 4 members (excludes halogenated alkanes) is 2. The first kappa shape index (κ1) is 14.2. The third-order valence-corrected chi connectivity index (χ3v) is 3.31. The van der Waals surface area contributed by atoms with Crippen LogP contribution >= 0.6 is 15.9 Å². The third kappa shape index (κ3) is 5.87. The summed E-state index contributed by atoms with van der Waals surface area (Å²) in [4.78, 5) is 11.7. The Morgan fingerprint density at radius 2 is 2.00 bits per heavy atom. The number of hydrogen-bond acceptors (Lipinski definition) is 1. The topological polar surface area (TPSA) is 29.1 Å². The highest BCUT2D eigenvalue weighted by Gasteiger charge is 2.04. The first-order valence-electron chi connectivity index (χ1n) is 6.11. The van der Waals surface area contributed by atoms with Gasteiger partial charge in [-0.25, -0.2) is 0 Å². The molecule has 1 N–H and O–H groups in total. The Morgan fingerprint density at radius 3 is 2.71 bits per heavy atom. The number of amides is 1. The predicted molar refractivity (Wildman–Crippen MR) is 75.5 cm³/mol. The minimum Gasteiger partial charge on any atom is -0.356 e. The van der Waals surface area contributed by atoms with Crippen molar-refractivity contribution in [3.8, 4) is 0 Å². The number of benzene rings is 1. The van der Waals surface area contributed by atoms with E-state index in [1.165, 1.54) is 12.0 Å². The van der Waals surface area contributed by atoms with Gasteiger partial charge < -0.3 is 5.32 Å². The van der Waals surface area contributed by atoms with Gasteiger partial charge in [-0.1, -0.05) is 46.6 Å². The number of alkyl halides is 1. The van der Waals surface area contributed by atoms with Crippen LogP contribution in [0.2, 0.25) is 0 Å². The van der Waals surface area contributed by atoms with Crippen LogP contribution in [0.15, 0.2) is 24.3 Å². The molecule has 94 valence electrons. The predicted octanol–water partition coefficient (Wildman–Crippen LogP) is 3.22. The van der Waals surface area contributed by atoms with E-state index in [-0.39, 0.29) is 5.91 Å². The summed E-state index contributed by atoms with van der Waals surface area (Å²) in [5, 5.41) is 4.01. The summed E-state index contributed by atoms with van der Waals surface area (Å²) in [6.45, 7) is 2.83. The second-order valence-electron chi connectivity index (χ2n) is 4.20. The lowest BCUT2D eigenvalue weighted by Crippen LogP contribution is -2.26. The monoisotopic (exact) mass is 297 g/mol. The molecule has 0 aliphatic heterocycles. The SMILES string of the molecule is Cc1ccccc1CC(=O)NCCCCCBr. The zero-order valence-electron chi connectivity index (χ0n) is 10.3. The first-order valence-corrected chi connectivity index (χ1v) is 7.23. The van der Waals surface area contributed by atoms with E-state index < -0.39 is 0 Å². The average molecular weight is 298 g/mol. The molecular formula is C14H20BrNO. The van der Waals surface area contributed by atoms with Crippen LogP contribution in [-0.2, 0) is 11.2 Å². The van der Waals surface area contributed by atoms with Crippen molar-refractivity contribution in [2.75, 3.05) is 11.9 Å². The first-order chi connectivity index (χ1) is 8.24. The Hall–Kier alpha value is -0.830. The molecule has 3 heteroatoms. The number of aryl methyl sites for hydroxylation is 1. The molecule has 0 saturated carbocycles. The van der Waals surface area contributed by atoms with Crippen molar-refractivity contribution in [3.63, 3.8) is 0 Å². The van der Waals surface area contributed by atoms with Gasteiger partial charge in [0.05, 0.1) is 6.42 Å². The fourth-order valence-corrected chi connectivity index (χ4v) is 2.06. The van der Waals surface area contributed by atoms with Crippen molar-refractivity contribution in [2.45, 2.75) is 32.6 Å². The van der Waals surface area contributed by atoms with Gasteiger partial charge in [-0.2, -0.15) is 0 Å². The van der Waals surface area contributed by atoms with E-state index >= 15 is 0 Å². The van der Waals surface area contributed by atoms with Gasteiger partial charge >= 0.3 is 0 Å². The molecule has 17 heavy (non-hydrogen) atoms. The van der Waals surface area contributed by atoms with Crippen LogP contribution in [0.1, 0.15) is 30.4 Å². The van der Waals surface area contributed by atoms with Gasteiger partial charge in [0.1, 0.15) is 0 Å². The molecule has 1 aromatic rings. The summed E-state index contributed by atoms with van der Waals surface area (Å²) in [5.74, 6) is 0.123. The molecule has 0 heterocycles. The summed E-state index contributed by atoms with van der Waals surface area (Å²) in [6, 6.07) is 8.03. The summed E-state index contributed by atoms with van der Waals surface area (Å²) in [5.41, 5.74) is 2.30. The van der Waals surface area contributed by atoms with E-state index in [0.717, 1.165) is 30.3 Å². The van der Waals surface area contributed by atoms with E-state index in [1.807, 2.05) is 31.2 Å². The molecule has 2 nitrogen and oxygen atoms in total. The second-order valence-corrected chi connectivity index (χ2v) is 5.00. The number of rotatable bonds is 7. The maximum absolute atomic E-state index is 11.7. The van der Waals surface area contributed by atoms with E-state index in [1.54, 1.807) is 0 Å². The normalized spacial score (nSPS) is 10.2. The fraction of sp³-hybridized carbons (Fsp3) is 0.500. The second kappa shape index (κ2) is 8.29. The summed E-state index contributed by atoms with van der Waals surface area (Å²) in [6.07, 6.45) is 3.89. The van der Waals surface area contributed by atoms with E-state index in [9.17, 15) is 4.79 Å². The molecule has 0 unspecified atom stereocenters. The molecule has 1 aromatic carbocycles. The molecule has 0 radical (unpaired) electrons. The van der Waals surface area contributed by atoms with Crippen molar-refractivity contribution in [3.05, 3.63) is 35.4 Å². The van der Waals surface area contributed by atoms with E-state index in [2.05, 4.69) is 21.2 Å². The zero-order chi connectivity index (χ0) is 12.5. The molecule has 0 spiro atoms. The lowest BCUT2D eigenvalue weighted by Gasteiger charge is -2.07. The largest absolute Gasteiger partial charge is 0.356 e. The highest BCUT2D eigenvalue weighted by molar-refractivity contribution is 9.09. The minimum absolute atomic E-state index is 0.123. The van der Waals surface area contributed by atoms with Crippen LogP contribution in [0.3, 0.4) is 0 Å². The highest BCUT2D eigenvalue weighted by atomic mass is 79.9. The molecule has 0 bridgehead atoms. The maximum Gasteiger partial charge on any atom is 0.224 e. The molecule has 1 rings (SSSR count). The van der Waals surface area contributed by atoms with Crippen molar-refractivity contribution < 1.29 is 4.79 Å². The summed E-state index contributed by atoms with van der Waals surface area (Å²) < 4.78 is 0. The Morgan fingerprint density at radius 1 is 1.24 bits per heavy atom. The Kier molecular flexibility index (Phi) is 6.94. The van der Waals surface area contributed by atoms with Gasteiger partial charge in [-0.3, -0.25) is 4.79 Å². The van der Waals surface area contributed by atoms with Crippen LogP contribution in [0.5, 0.6) is 0 Å². The fourth-order valence-electron chi connectivity index (χ4n) is 1.67. The van der Waals surface area contributed by atoms with Gasteiger partial charge in [0, 0.05) is 11.9 Å². The molecule has 0 atom stereocenters. The number of hydrogen-bond donors (Lipinski definition) is 1. The van der Waals surface area contributed by atoms with Crippen LogP contribution < -0.4 is 5.32 Å². The molecule has 0 saturated heterocycles. The van der Waals surface area contributed by atoms with Crippen molar-refractivity contribution in [1.82, 2.24) is 5.32 Å². The Labute approximate surface area is 112 Å². The Bertz CT molecular complexity index is 352.